The van der Waals surface area contributed by atoms with Gasteiger partial charge in [0, 0.05) is 0 Å². The Morgan fingerprint density at radius 3 is 1.72 bits per heavy atom. The molecule has 2 atom stereocenters. The number of hydrogen-bond acceptors (Lipinski definition) is 5. The molecule has 0 aliphatic heterocycles. The third-order valence-electron chi connectivity index (χ3n) is 8.22. The molecule has 0 radical (unpaired) electrons. The van der Waals surface area contributed by atoms with Gasteiger partial charge < -0.3 is 9.53 Å². The number of aliphatic hydroxyl groups is 1. The van der Waals surface area contributed by atoms with E-state index in [2.05, 4.69) is 52.0 Å². The van der Waals surface area contributed by atoms with Gasteiger partial charge in [-0.1, -0.05) is 157 Å². The van der Waals surface area contributed by atoms with Crippen LogP contribution in [0.15, 0.2) is 89.8 Å². The maximum Gasteiger partial charge on any atom is 0.297 e. The molecule has 3 rings (SSSR count). The van der Waals surface area contributed by atoms with Crippen molar-refractivity contribution in [2.75, 3.05) is 6.61 Å². The first-order valence-electron chi connectivity index (χ1n) is 15.9. The number of aryl methyl sites for hydroxylation is 1. The SMILES string of the molecule is CCCCCCCCCC[C@H](O[Si](c1ccccc1)(c1ccccc1)C(C)(C)C)[C@H](O)COS(=O)(=O)c1ccc(C)cc1. The summed E-state index contributed by atoms with van der Waals surface area (Å²) in [4.78, 5) is 0.0813. The summed E-state index contributed by atoms with van der Waals surface area (Å²) in [5.41, 5.74) is 0.961. The van der Waals surface area contributed by atoms with Crippen LogP contribution in [0.4, 0.5) is 0 Å². The van der Waals surface area contributed by atoms with Gasteiger partial charge in [-0.2, -0.15) is 8.42 Å². The molecule has 236 valence electrons. The Labute approximate surface area is 261 Å². The van der Waals surface area contributed by atoms with Gasteiger partial charge in [0.05, 0.1) is 17.6 Å². The van der Waals surface area contributed by atoms with Crippen LogP contribution in [0.1, 0.15) is 91.0 Å². The highest BCUT2D eigenvalue weighted by molar-refractivity contribution is 7.86. The Kier molecular flexibility index (Phi) is 13.7. The molecule has 43 heavy (non-hydrogen) atoms. The molecule has 0 amide bonds. The van der Waals surface area contributed by atoms with Crippen molar-refractivity contribution in [3.8, 4) is 0 Å². The molecule has 5 nitrogen and oxygen atoms in total. The van der Waals surface area contributed by atoms with E-state index in [0.717, 1.165) is 35.2 Å². The Balaban J connectivity index is 1.89. The van der Waals surface area contributed by atoms with Crippen molar-refractivity contribution < 1.29 is 22.1 Å². The van der Waals surface area contributed by atoms with E-state index in [0.29, 0.717) is 6.42 Å². The average Bonchev–Trinajstić information content (AvgIpc) is 2.99. The van der Waals surface area contributed by atoms with Crippen molar-refractivity contribution in [1.29, 1.82) is 0 Å². The summed E-state index contributed by atoms with van der Waals surface area (Å²) in [7, 11) is -7.00. The molecule has 0 aliphatic carbocycles. The maximum atomic E-state index is 13.0. The minimum atomic E-state index is -4.03. The van der Waals surface area contributed by atoms with E-state index in [4.69, 9.17) is 8.61 Å². The molecule has 0 fully saturated rings. The molecule has 0 spiro atoms. The van der Waals surface area contributed by atoms with Crippen molar-refractivity contribution in [3.05, 3.63) is 90.5 Å². The highest BCUT2D eigenvalue weighted by atomic mass is 32.2. The zero-order chi connectivity index (χ0) is 31.3. The standard InChI is InChI=1S/C36H52O5SSi/c1-6-7-8-9-10-11-12-19-24-35(34(37)29-40-42(38,39)31-27-25-30(2)26-28-31)41-43(36(3,4)5,32-20-15-13-16-21-32)33-22-17-14-18-23-33/h13-18,20-23,25-28,34-35,37H,6-12,19,24,29H2,1-5H3/t34-,35+/m1/s1. The lowest BCUT2D eigenvalue weighted by Crippen LogP contribution is -2.68. The van der Waals surface area contributed by atoms with Gasteiger partial charge in [-0.05, 0) is 40.9 Å². The van der Waals surface area contributed by atoms with Crippen LogP contribution in [-0.2, 0) is 18.7 Å². The summed E-state index contributed by atoms with van der Waals surface area (Å²) >= 11 is 0. The molecule has 0 aliphatic rings. The van der Waals surface area contributed by atoms with Crippen LogP contribution in [0.25, 0.3) is 0 Å². The predicted octanol–water partition coefficient (Wildman–Crippen LogP) is 7.54. The van der Waals surface area contributed by atoms with Crippen LogP contribution in [0, 0.1) is 6.92 Å². The van der Waals surface area contributed by atoms with Crippen molar-refractivity contribution >= 4 is 28.8 Å². The molecule has 0 saturated carbocycles. The second-order valence-corrected chi connectivity index (χ2v) is 18.6. The molecule has 3 aromatic rings. The Morgan fingerprint density at radius 2 is 1.23 bits per heavy atom. The van der Waals surface area contributed by atoms with Crippen LogP contribution < -0.4 is 10.4 Å². The second-order valence-electron chi connectivity index (χ2n) is 12.7. The van der Waals surface area contributed by atoms with Gasteiger partial charge in [-0.15, -0.1) is 0 Å². The largest absolute Gasteiger partial charge is 0.402 e. The zero-order valence-corrected chi connectivity index (χ0v) is 28.6. The van der Waals surface area contributed by atoms with Gasteiger partial charge in [0.15, 0.2) is 0 Å². The van der Waals surface area contributed by atoms with Crippen molar-refractivity contribution in [2.45, 2.75) is 115 Å². The lowest BCUT2D eigenvalue weighted by Gasteiger charge is -2.46. The highest BCUT2D eigenvalue weighted by Crippen LogP contribution is 2.38. The third kappa shape index (κ3) is 9.85. The number of rotatable bonds is 18. The summed E-state index contributed by atoms with van der Waals surface area (Å²) in [5.74, 6) is 0. The molecule has 1 N–H and O–H groups in total. The summed E-state index contributed by atoms with van der Waals surface area (Å²) < 4.78 is 38.7. The molecule has 0 saturated heterocycles. The normalized spacial score (nSPS) is 14.0. The fourth-order valence-corrected chi connectivity index (χ4v) is 11.4. The number of aliphatic hydroxyl groups excluding tert-OH is 1. The van der Waals surface area contributed by atoms with E-state index >= 15 is 0 Å². The number of hydrogen-bond donors (Lipinski definition) is 1. The average molecular weight is 625 g/mol. The van der Waals surface area contributed by atoms with Crippen LogP contribution in [-0.4, -0.2) is 40.7 Å². The van der Waals surface area contributed by atoms with Crippen LogP contribution in [0.2, 0.25) is 5.04 Å². The summed E-state index contributed by atoms with van der Waals surface area (Å²) in [5, 5.41) is 13.6. The van der Waals surface area contributed by atoms with E-state index in [9.17, 15) is 13.5 Å². The first-order valence-corrected chi connectivity index (χ1v) is 19.3. The highest BCUT2D eigenvalue weighted by Gasteiger charge is 2.52. The van der Waals surface area contributed by atoms with Crippen LogP contribution >= 0.6 is 0 Å². The maximum absolute atomic E-state index is 13.0. The van der Waals surface area contributed by atoms with Crippen LogP contribution in [0.3, 0.4) is 0 Å². The summed E-state index contributed by atoms with van der Waals surface area (Å²) in [6, 6.07) is 27.2. The van der Waals surface area contributed by atoms with E-state index < -0.39 is 30.6 Å². The molecule has 0 aromatic heterocycles. The molecule has 0 bridgehead atoms. The Hall–Kier alpha value is -2.29. The molecule has 7 heteroatoms. The van der Waals surface area contributed by atoms with Crippen molar-refractivity contribution in [1.82, 2.24) is 0 Å². The lowest BCUT2D eigenvalue weighted by atomic mass is 10.0. The van der Waals surface area contributed by atoms with Crippen molar-refractivity contribution in [2.24, 2.45) is 0 Å². The van der Waals surface area contributed by atoms with E-state index in [1.54, 1.807) is 12.1 Å². The summed E-state index contributed by atoms with van der Waals surface area (Å²) in [6.45, 7) is 10.4. The van der Waals surface area contributed by atoms with Gasteiger partial charge in [-0.25, -0.2) is 0 Å². The molecular formula is C36H52O5SSi. The minimum Gasteiger partial charge on any atom is -0.402 e. The number of unbranched alkanes of at least 4 members (excludes halogenated alkanes) is 7. The van der Waals surface area contributed by atoms with Crippen molar-refractivity contribution in [3.63, 3.8) is 0 Å². The molecule has 3 aromatic carbocycles. The first-order chi connectivity index (χ1) is 20.5. The van der Waals surface area contributed by atoms with Crippen LogP contribution in [0.5, 0.6) is 0 Å². The number of benzene rings is 3. The first kappa shape index (κ1) is 35.2. The van der Waals surface area contributed by atoms with Gasteiger partial charge >= 0.3 is 0 Å². The van der Waals surface area contributed by atoms with Gasteiger partial charge in [-0.3, -0.25) is 4.18 Å². The van der Waals surface area contributed by atoms with E-state index in [1.165, 1.54) is 44.2 Å². The third-order valence-corrected chi connectivity index (χ3v) is 14.6. The lowest BCUT2D eigenvalue weighted by molar-refractivity contribution is -0.00247. The topological polar surface area (TPSA) is 72.8 Å². The molecule has 0 unspecified atom stereocenters. The zero-order valence-electron chi connectivity index (χ0n) is 26.8. The Morgan fingerprint density at radius 1 is 0.744 bits per heavy atom. The minimum absolute atomic E-state index is 0.0813. The fraction of sp³-hybridized carbons (Fsp3) is 0.500. The van der Waals surface area contributed by atoms with Gasteiger partial charge in [0.25, 0.3) is 18.4 Å². The Bertz CT molecular complexity index is 1270. The van der Waals surface area contributed by atoms with Gasteiger partial charge in [0.2, 0.25) is 0 Å². The smallest absolute Gasteiger partial charge is 0.297 e. The van der Waals surface area contributed by atoms with Gasteiger partial charge in [0.1, 0.15) is 6.10 Å². The fourth-order valence-electron chi connectivity index (χ4n) is 5.77. The molecular weight excluding hydrogens is 573 g/mol. The van der Waals surface area contributed by atoms with E-state index in [1.807, 2.05) is 43.3 Å². The quantitative estimate of drug-likeness (QED) is 0.0900. The summed E-state index contributed by atoms with van der Waals surface area (Å²) in [6.07, 6.45) is 8.24. The predicted molar refractivity (Wildman–Crippen MR) is 180 cm³/mol. The second kappa shape index (κ2) is 16.7. The molecule has 0 heterocycles. The van der Waals surface area contributed by atoms with E-state index in [-0.39, 0.29) is 16.5 Å². The monoisotopic (exact) mass is 624 g/mol.